The molecule has 0 saturated heterocycles. The fourth-order valence-corrected chi connectivity index (χ4v) is 3.26. The van der Waals surface area contributed by atoms with E-state index in [2.05, 4.69) is 5.10 Å². The predicted octanol–water partition coefficient (Wildman–Crippen LogP) is 4.45. The minimum absolute atomic E-state index is 0.0613. The zero-order valence-corrected chi connectivity index (χ0v) is 17.4. The molecule has 0 aliphatic carbocycles. The number of hydrogen-bond donors (Lipinski definition) is 0. The Labute approximate surface area is 184 Å². The molecule has 0 atom stereocenters. The molecular weight excluding hydrogens is 410 g/mol. The predicted molar refractivity (Wildman–Crippen MR) is 121 cm³/mol. The Hall–Kier alpha value is -4.46. The number of carbonyl (C=O) groups is 1. The zero-order valence-electron chi connectivity index (χ0n) is 17.4. The highest BCUT2D eigenvalue weighted by Gasteiger charge is 2.32. The lowest BCUT2D eigenvalue weighted by Gasteiger charge is -2.11. The second-order valence-electron chi connectivity index (χ2n) is 6.90. The van der Waals surface area contributed by atoms with Crippen LogP contribution in [0.2, 0.25) is 0 Å². The first-order valence-corrected chi connectivity index (χ1v) is 9.68. The van der Waals surface area contributed by atoms with E-state index < -0.39 is 4.92 Å². The van der Waals surface area contributed by atoms with Crippen molar-refractivity contribution in [2.75, 3.05) is 19.2 Å². The number of nitrogens with zero attached hydrogens (tertiary/aromatic N) is 3. The van der Waals surface area contributed by atoms with Crippen LogP contribution in [0.5, 0.6) is 11.5 Å². The molecule has 160 valence electrons. The Bertz CT molecular complexity index is 1210. The van der Waals surface area contributed by atoms with E-state index >= 15 is 0 Å². The summed E-state index contributed by atoms with van der Waals surface area (Å²) in [6, 6.07) is 20.2. The van der Waals surface area contributed by atoms with Gasteiger partial charge in [-0.2, -0.15) is 10.1 Å². The summed E-state index contributed by atoms with van der Waals surface area (Å²) >= 11 is 0. The number of methoxy groups -OCH3 is 2. The fourth-order valence-electron chi connectivity index (χ4n) is 3.26. The van der Waals surface area contributed by atoms with E-state index in [1.54, 1.807) is 32.4 Å². The van der Waals surface area contributed by atoms with Crippen LogP contribution in [0.1, 0.15) is 11.1 Å². The molecular formula is C24H19N3O5. The number of anilines is 1. The molecule has 0 spiro atoms. The molecule has 0 fully saturated rings. The molecule has 3 aromatic rings. The van der Waals surface area contributed by atoms with Gasteiger partial charge in [0.25, 0.3) is 11.6 Å². The fraction of sp³-hybridized carbons (Fsp3) is 0.0833. The highest BCUT2D eigenvalue weighted by atomic mass is 16.6. The van der Waals surface area contributed by atoms with Crippen LogP contribution in [0.25, 0.3) is 6.08 Å². The minimum atomic E-state index is -0.489. The first-order chi connectivity index (χ1) is 15.5. The summed E-state index contributed by atoms with van der Waals surface area (Å²) in [4.78, 5) is 23.8. The molecule has 8 heteroatoms. The third-order valence-electron chi connectivity index (χ3n) is 4.97. The van der Waals surface area contributed by atoms with Crippen LogP contribution in [0.3, 0.4) is 0 Å². The van der Waals surface area contributed by atoms with Crippen LogP contribution >= 0.6 is 0 Å². The van der Waals surface area contributed by atoms with E-state index in [1.165, 1.54) is 29.3 Å². The third kappa shape index (κ3) is 4.06. The van der Waals surface area contributed by atoms with Crippen molar-refractivity contribution in [1.29, 1.82) is 0 Å². The SMILES string of the molecule is COc1ccc(/C=C2/C(=O)N(c3ccc([N+](=O)[O-])cc3)N=C2c2ccc(OC)cc2)cc1. The lowest BCUT2D eigenvalue weighted by atomic mass is 10.00. The van der Waals surface area contributed by atoms with Crippen molar-refractivity contribution >= 4 is 29.1 Å². The van der Waals surface area contributed by atoms with Crippen molar-refractivity contribution < 1.29 is 19.2 Å². The number of rotatable bonds is 6. The summed E-state index contributed by atoms with van der Waals surface area (Å²) in [5.74, 6) is 1.06. The molecule has 1 aliphatic heterocycles. The second kappa shape index (κ2) is 8.73. The number of benzene rings is 3. The molecule has 8 nitrogen and oxygen atoms in total. The summed E-state index contributed by atoms with van der Waals surface area (Å²) in [6.07, 6.45) is 1.76. The molecule has 0 N–H and O–H groups in total. The molecule has 1 heterocycles. The highest BCUT2D eigenvalue weighted by Crippen LogP contribution is 2.30. The van der Waals surface area contributed by atoms with Gasteiger partial charge in [0, 0.05) is 17.7 Å². The molecule has 1 amide bonds. The minimum Gasteiger partial charge on any atom is -0.497 e. The molecule has 3 aromatic carbocycles. The van der Waals surface area contributed by atoms with Crippen LogP contribution in [0.4, 0.5) is 11.4 Å². The van der Waals surface area contributed by atoms with Gasteiger partial charge in [0.15, 0.2) is 0 Å². The first-order valence-electron chi connectivity index (χ1n) is 9.68. The van der Waals surface area contributed by atoms with Gasteiger partial charge in [-0.05, 0) is 60.2 Å². The van der Waals surface area contributed by atoms with Gasteiger partial charge in [-0.15, -0.1) is 0 Å². The standard InChI is InChI=1S/C24H19N3O5/c1-31-20-11-3-16(4-12-20)15-22-23(17-5-13-21(32-2)14-6-17)25-26(24(22)28)18-7-9-19(10-8-18)27(29)30/h3-15H,1-2H3/b22-15+. The first kappa shape index (κ1) is 20.8. The number of hydrogen-bond acceptors (Lipinski definition) is 6. The third-order valence-corrected chi connectivity index (χ3v) is 4.97. The maximum Gasteiger partial charge on any atom is 0.281 e. The lowest BCUT2D eigenvalue weighted by molar-refractivity contribution is -0.384. The number of amides is 1. The normalized spacial score (nSPS) is 14.4. The summed E-state index contributed by atoms with van der Waals surface area (Å²) < 4.78 is 10.4. The molecule has 1 aliphatic rings. The number of non-ortho nitro benzene ring substituents is 1. The molecule has 0 saturated carbocycles. The van der Waals surface area contributed by atoms with Gasteiger partial charge in [-0.3, -0.25) is 14.9 Å². The Kier molecular flexibility index (Phi) is 5.67. The highest BCUT2D eigenvalue weighted by molar-refractivity contribution is 6.37. The molecule has 4 rings (SSSR count). The summed E-state index contributed by atoms with van der Waals surface area (Å²) in [7, 11) is 3.17. The van der Waals surface area contributed by atoms with Crippen LogP contribution in [-0.4, -0.2) is 30.8 Å². The topological polar surface area (TPSA) is 94.3 Å². The van der Waals surface area contributed by atoms with Gasteiger partial charge in [0.2, 0.25) is 0 Å². The Morgan fingerprint density at radius 2 is 1.44 bits per heavy atom. The van der Waals surface area contributed by atoms with E-state index in [0.717, 1.165) is 11.1 Å². The number of hydrazone groups is 1. The van der Waals surface area contributed by atoms with E-state index in [9.17, 15) is 14.9 Å². The van der Waals surface area contributed by atoms with Crippen LogP contribution in [-0.2, 0) is 4.79 Å². The largest absolute Gasteiger partial charge is 0.497 e. The maximum atomic E-state index is 13.3. The number of carbonyl (C=O) groups excluding carboxylic acids is 1. The Morgan fingerprint density at radius 3 is 1.97 bits per heavy atom. The molecule has 0 aromatic heterocycles. The molecule has 32 heavy (non-hydrogen) atoms. The summed E-state index contributed by atoms with van der Waals surface area (Å²) in [5, 5.41) is 16.8. The average molecular weight is 429 g/mol. The maximum absolute atomic E-state index is 13.3. The molecule has 0 bridgehead atoms. The lowest BCUT2D eigenvalue weighted by Crippen LogP contribution is -2.21. The quantitative estimate of drug-likeness (QED) is 0.328. The second-order valence-corrected chi connectivity index (χ2v) is 6.90. The van der Waals surface area contributed by atoms with Crippen LogP contribution < -0.4 is 14.5 Å². The summed E-state index contributed by atoms with van der Waals surface area (Å²) in [6.45, 7) is 0. The average Bonchev–Trinajstić information content (AvgIpc) is 3.15. The monoisotopic (exact) mass is 429 g/mol. The Morgan fingerprint density at radius 1 is 0.875 bits per heavy atom. The van der Waals surface area contributed by atoms with Crippen molar-refractivity contribution in [3.63, 3.8) is 0 Å². The van der Waals surface area contributed by atoms with Gasteiger partial charge in [0.05, 0.1) is 30.4 Å². The van der Waals surface area contributed by atoms with Crippen molar-refractivity contribution in [2.45, 2.75) is 0 Å². The molecule has 0 unspecified atom stereocenters. The van der Waals surface area contributed by atoms with E-state index in [-0.39, 0.29) is 11.6 Å². The van der Waals surface area contributed by atoms with Crippen LogP contribution in [0.15, 0.2) is 83.5 Å². The van der Waals surface area contributed by atoms with Gasteiger partial charge < -0.3 is 9.47 Å². The number of nitro benzene ring substituents is 1. The smallest absolute Gasteiger partial charge is 0.281 e. The van der Waals surface area contributed by atoms with Crippen molar-refractivity contribution in [1.82, 2.24) is 0 Å². The van der Waals surface area contributed by atoms with E-state index in [4.69, 9.17) is 9.47 Å². The Balaban J connectivity index is 1.77. The van der Waals surface area contributed by atoms with Crippen molar-refractivity contribution in [3.05, 3.63) is 99.6 Å². The van der Waals surface area contributed by atoms with Crippen molar-refractivity contribution in [3.8, 4) is 11.5 Å². The van der Waals surface area contributed by atoms with Crippen LogP contribution in [0, 0.1) is 10.1 Å². The van der Waals surface area contributed by atoms with Gasteiger partial charge in [-0.1, -0.05) is 12.1 Å². The van der Waals surface area contributed by atoms with E-state index in [1.807, 2.05) is 36.4 Å². The number of ether oxygens (including phenoxy) is 2. The number of nitro groups is 1. The summed E-state index contributed by atoms with van der Waals surface area (Å²) in [5.41, 5.74) is 2.81. The van der Waals surface area contributed by atoms with Gasteiger partial charge >= 0.3 is 0 Å². The van der Waals surface area contributed by atoms with E-state index in [0.29, 0.717) is 28.5 Å². The molecule has 0 radical (unpaired) electrons. The van der Waals surface area contributed by atoms with Gasteiger partial charge in [-0.25, -0.2) is 0 Å². The zero-order chi connectivity index (χ0) is 22.7. The van der Waals surface area contributed by atoms with Crippen molar-refractivity contribution in [2.24, 2.45) is 5.10 Å². The van der Waals surface area contributed by atoms with Gasteiger partial charge in [0.1, 0.15) is 17.2 Å².